The van der Waals surface area contributed by atoms with E-state index in [0.717, 1.165) is 6.42 Å². The average Bonchev–Trinajstić information content (AvgIpc) is 2.73. The first-order chi connectivity index (χ1) is 9.83. The molecule has 0 saturated carbocycles. The van der Waals surface area contributed by atoms with Crippen LogP contribution in [0.15, 0.2) is 12.2 Å². The maximum Gasteiger partial charge on any atom is 0.417 e. The highest BCUT2D eigenvalue weighted by atomic mass is 16.6. The number of imide groups is 1. The number of hydrogen-bond acceptors (Lipinski definition) is 3. The van der Waals surface area contributed by atoms with Gasteiger partial charge in [0.25, 0.3) is 0 Å². The number of allylic oxidation sites excluding steroid dienone is 1. The molecule has 0 N–H and O–H groups in total. The molecule has 1 rings (SSSR count). The molecule has 1 atom stereocenters. The van der Waals surface area contributed by atoms with Gasteiger partial charge in [0, 0.05) is 18.9 Å². The Labute approximate surface area is 128 Å². The largest absolute Gasteiger partial charge is 0.443 e. The van der Waals surface area contributed by atoms with Gasteiger partial charge in [-0.2, -0.15) is 0 Å². The van der Waals surface area contributed by atoms with E-state index in [2.05, 4.69) is 19.1 Å². The van der Waals surface area contributed by atoms with E-state index in [0.29, 0.717) is 13.0 Å². The van der Waals surface area contributed by atoms with E-state index in [9.17, 15) is 9.59 Å². The Morgan fingerprint density at radius 1 is 1.33 bits per heavy atom. The van der Waals surface area contributed by atoms with Crippen LogP contribution in [0.1, 0.15) is 66.2 Å². The molecule has 21 heavy (non-hydrogen) atoms. The molecular formula is C17H29NO3. The summed E-state index contributed by atoms with van der Waals surface area (Å²) in [5, 5.41) is 0. The van der Waals surface area contributed by atoms with Gasteiger partial charge in [0.1, 0.15) is 5.60 Å². The first-order valence-electron chi connectivity index (χ1n) is 8.03. The molecule has 1 saturated heterocycles. The quantitative estimate of drug-likeness (QED) is 0.542. The zero-order valence-corrected chi connectivity index (χ0v) is 13.9. The van der Waals surface area contributed by atoms with Crippen LogP contribution in [-0.2, 0) is 9.53 Å². The summed E-state index contributed by atoms with van der Waals surface area (Å²) in [6, 6.07) is 0. The zero-order chi connectivity index (χ0) is 15.9. The van der Waals surface area contributed by atoms with E-state index in [1.54, 1.807) is 20.8 Å². The maximum atomic E-state index is 11.9. The normalized spacial score (nSPS) is 19.5. The molecule has 0 aliphatic carbocycles. The Kier molecular flexibility index (Phi) is 6.93. The molecule has 0 bridgehead atoms. The lowest BCUT2D eigenvalue weighted by Crippen LogP contribution is -2.37. The summed E-state index contributed by atoms with van der Waals surface area (Å²) >= 11 is 0. The monoisotopic (exact) mass is 295 g/mol. The van der Waals surface area contributed by atoms with Crippen molar-refractivity contribution in [2.75, 3.05) is 6.54 Å². The summed E-state index contributed by atoms with van der Waals surface area (Å²) in [7, 11) is 0. The summed E-state index contributed by atoms with van der Waals surface area (Å²) in [5.41, 5.74) is -0.565. The number of amides is 2. The molecular weight excluding hydrogens is 266 g/mol. The molecule has 2 amide bonds. The number of likely N-dealkylation sites (tertiary alicyclic amines) is 1. The van der Waals surface area contributed by atoms with Crippen LogP contribution in [0.4, 0.5) is 4.79 Å². The predicted octanol–water partition coefficient (Wildman–Crippen LogP) is 4.30. The SMILES string of the molecule is CCCCCC/C=C/[C@H]1CC(=O)N(C(=O)OC(C)(C)C)C1. The summed E-state index contributed by atoms with van der Waals surface area (Å²) in [4.78, 5) is 25.0. The third-order valence-corrected chi connectivity index (χ3v) is 3.40. The lowest BCUT2D eigenvalue weighted by Gasteiger charge is -2.23. The van der Waals surface area contributed by atoms with Gasteiger partial charge in [-0.1, -0.05) is 38.3 Å². The fourth-order valence-electron chi connectivity index (χ4n) is 2.34. The van der Waals surface area contributed by atoms with Gasteiger partial charge in [0.2, 0.25) is 5.91 Å². The van der Waals surface area contributed by atoms with Gasteiger partial charge >= 0.3 is 6.09 Å². The number of rotatable bonds is 6. The number of carbonyl (C=O) groups excluding carboxylic acids is 2. The van der Waals surface area contributed by atoms with E-state index in [1.807, 2.05) is 0 Å². The van der Waals surface area contributed by atoms with Gasteiger partial charge in [0.15, 0.2) is 0 Å². The Morgan fingerprint density at radius 2 is 2.05 bits per heavy atom. The minimum atomic E-state index is -0.565. The zero-order valence-electron chi connectivity index (χ0n) is 13.9. The number of carbonyl (C=O) groups is 2. The first-order valence-corrected chi connectivity index (χ1v) is 8.03. The van der Waals surface area contributed by atoms with Crippen molar-refractivity contribution in [2.45, 2.75) is 71.8 Å². The molecule has 4 nitrogen and oxygen atoms in total. The van der Waals surface area contributed by atoms with Crippen molar-refractivity contribution in [1.82, 2.24) is 4.90 Å². The fourth-order valence-corrected chi connectivity index (χ4v) is 2.34. The molecule has 0 radical (unpaired) electrons. The number of nitrogens with zero attached hydrogens (tertiary/aromatic N) is 1. The van der Waals surface area contributed by atoms with E-state index in [1.165, 1.54) is 30.6 Å². The highest BCUT2D eigenvalue weighted by Gasteiger charge is 2.35. The summed E-state index contributed by atoms with van der Waals surface area (Å²) < 4.78 is 5.25. The van der Waals surface area contributed by atoms with Gasteiger partial charge in [-0.15, -0.1) is 0 Å². The van der Waals surface area contributed by atoms with E-state index in [-0.39, 0.29) is 11.8 Å². The Bertz CT molecular complexity index is 382. The molecule has 0 unspecified atom stereocenters. The van der Waals surface area contributed by atoms with Crippen molar-refractivity contribution >= 4 is 12.0 Å². The highest BCUT2D eigenvalue weighted by Crippen LogP contribution is 2.22. The van der Waals surface area contributed by atoms with Crippen molar-refractivity contribution in [3.63, 3.8) is 0 Å². The lowest BCUT2D eigenvalue weighted by atomic mass is 10.1. The summed E-state index contributed by atoms with van der Waals surface area (Å²) in [6.45, 7) is 8.06. The molecule has 1 fully saturated rings. The second-order valence-corrected chi connectivity index (χ2v) is 6.73. The van der Waals surface area contributed by atoms with Crippen molar-refractivity contribution in [3.8, 4) is 0 Å². The molecule has 1 aliphatic rings. The molecule has 0 spiro atoms. The van der Waals surface area contributed by atoms with Crippen LogP contribution in [0.5, 0.6) is 0 Å². The van der Waals surface area contributed by atoms with Gasteiger partial charge in [-0.25, -0.2) is 9.69 Å². The first kappa shape index (κ1) is 17.7. The van der Waals surface area contributed by atoms with Crippen molar-refractivity contribution in [2.24, 2.45) is 5.92 Å². The van der Waals surface area contributed by atoms with Gasteiger partial charge in [0.05, 0.1) is 0 Å². The van der Waals surface area contributed by atoms with Crippen molar-refractivity contribution in [1.29, 1.82) is 0 Å². The highest BCUT2D eigenvalue weighted by molar-refractivity contribution is 5.94. The van der Waals surface area contributed by atoms with E-state index < -0.39 is 11.7 Å². The van der Waals surface area contributed by atoms with Crippen LogP contribution >= 0.6 is 0 Å². The fraction of sp³-hybridized carbons (Fsp3) is 0.765. The van der Waals surface area contributed by atoms with Crippen LogP contribution in [-0.4, -0.2) is 29.0 Å². The Balaban J connectivity index is 2.37. The minimum absolute atomic E-state index is 0.134. The topological polar surface area (TPSA) is 46.6 Å². The van der Waals surface area contributed by atoms with Crippen molar-refractivity contribution < 1.29 is 14.3 Å². The molecule has 0 aromatic rings. The second-order valence-electron chi connectivity index (χ2n) is 6.73. The van der Waals surface area contributed by atoms with E-state index in [4.69, 9.17) is 4.74 Å². The predicted molar refractivity (Wildman–Crippen MR) is 84.0 cm³/mol. The van der Waals surface area contributed by atoms with E-state index >= 15 is 0 Å². The van der Waals surface area contributed by atoms with Gasteiger partial charge in [-0.3, -0.25) is 4.79 Å². The Hall–Kier alpha value is -1.32. The summed E-state index contributed by atoms with van der Waals surface area (Å²) in [6.07, 6.45) is 10.1. The lowest BCUT2D eigenvalue weighted by molar-refractivity contribution is -0.127. The van der Waals surface area contributed by atoms with Crippen LogP contribution in [0.25, 0.3) is 0 Å². The summed E-state index contributed by atoms with van der Waals surface area (Å²) in [5.74, 6) is 0.000997. The van der Waals surface area contributed by atoms with Crippen LogP contribution in [0.3, 0.4) is 0 Å². The number of ether oxygens (including phenoxy) is 1. The molecule has 1 aliphatic heterocycles. The number of unbranched alkanes of at least 4 members (excludes halogenated alkanes) is 4. The van der Waals surface area contributed by atoms with Crippen LogP contribution < -0.4 is 0 Å². The molecule has 120 valence electrons. The second kappa shape index (κ2) is 8.20. The molecule has 1 heterocycles. The van der Waals surface area contributed by atoms with Crippen molar-refractivity contribution in [3.05, 3.63) is 12.2 Å². The number of hydrogen-bond donors (Lipinski definition) is 0. The third kappa shape index (κ3) is 6.78. The maximum absolute atomic E-state index is 11.9. The van der Waals surface area contributed by atoms with Crippen LogP contribution in [0.2, 0.25) is 0 Å². The van der Waals surface area contributed by atoms with Crippen LogP contribution in [0, 0.1) is 5.92 Å². The third-order valence-electron chi connectivity index (χ3n) is 3.40. The van der Waals surface area contributed by atoms with Gasteiger partial charge in [-0.05, 0) is 33.6 Å². The standard InChI is InChI=1S/C17H29NO3/c1-5-6-7-8-9-10-11-14-12-15(19)18(13-14)16(20)21-17(2,3)4/h10-11,14H,5-9,12-13H2,1-4H3/b11-10+/t14-/m0/s1. The molecule has 0 aromatic carbocycles. The average molecular weight is 295 g/mol. The van der Waals surface area contributed by atoms with Gasteiger partial charge < -0.3 is 4.74 Å². The Morgan fingerprint density at radius 3 is 2.67 bits per heavy atom. The minimum Gasteiger partial charge on any atom is -0.443 e. The smallest absolute Gasteiger partial charge is 0.417 e. The molecule has 0 aromatic heterocycles. The molecule has 4 heteroatoms.